The van der Waals surface area contributed by atoms with Crippen LogP contribution in [0.25, 0.3) is 0 Å². The minimum Gasteiger partial charge on any atom is -0.746 e. The van der Waals surface area contributed by atoms with Gasteiger partial charge in [-0.25, -0.2) is 16.8 Å². The Balaban J connectivity index is 0. The largest absolute Gasteiger partial charge is 1.00 e. The molecule has 1 N–H and O–H groups in total. The van der Waals surface area contributed by atoms with E-state index in [0.29, 0.717) is 0 Å². The molecule has 0 fully saturated rings. The minimum atomic E-state index is -5.14. The number of benzene rings is 1. The Kier molecular flexibility index (Phi) is 9.11. The van der Waals surface area contributed by atoms with E-state index in [1.54, 1.807) is 0 Å². The van der Waals surface area contributed by atoms with E-state index in [0.717, 1.165) is 12.1 Å². The Labute approximate surface area is 149 Å². The molecular weight excluding hydrogens is 306 g/mol. The molecule has 1 aromatic rings. The van der Waals surface area contributed by atoms with Gasteiger partial charge < -0.3 is 14.2 Å². The quantitative estimate of drug-likeness (QED) is 0.433. The van der Waals surface area contributed by atoms with Gasteiger partial charge in [0.2, 0.25) is 0 Å². The average molecular weight is 312 g/mol. The fraction of sp³-hybridized carbons (Fsp3) is 0.143. The second-order valence-electron chi connectivity index (χ2n) is 2.84. The average Bonchev–Trinajstić information content (AvgIpc) is 2.14. The van der Waals surface area contributed by atoms with Crippen LogP contribution in [0.5, 0.6) is 0 Å². The Bertz CT molecular complexity index is 596. The molecule has 0 radical (unpaired) electrons. The zero-order valence-electron chi connectivity index (χ0n) is 9.60. The van der Waals surface area contributed by atoms with Crippen LogP contribution in [0.2, 0.25) is 0 Å². The van der Waals surface area contributed by atoms with Crippen molar-refractivity contribution in [2.24, 2.45) is 0 Å². The third-order valence-corrected chi connectivity index (χ3v) is 3.44. The summed E-state index contributed by atoms with van der Waals surface area (Å²) >= 11 is 0. The first kappa shape index (κ1) is 21.3. The van der Waals surface area contributed by atoms with Crippen LogP contribution in [0.3, 0.4) is 0 Å². The maximum Gasteiger partial charge on any atom is 1.00 e. The van der Waals surface area contributed by atoms with Crippen LogP contribution >= 0.6 is 0 Å². The van der Waals surface area contributed by atoms with E-state index in [-0.39, 0.29) is 59.1 Å². The number of hydrogen-bond donors (Lipinski definition) is 1. The van der Waals surface area contributed by atoms with Crippen molar-refractivity contribution < 1.29 is 90.2 Å². The molecule has 0 bridgehead atoms. The Hall–Kier alpha value is 1.000. The van der Waals surface area contributed by atoms with Crippen LogP contribution in [0.4, 0.5) is 0 Å². The van der Waals surface area contributed by atoms with E-state index in [1.165, 1.54) is 12.1 Å². The molecule has 1 unspecified atom stereocenters. The molecule has 1 rings (SSSR count). The van der Waals surface area contributed by atoms with Gasteiger partial charge in [-0.2, -0.15) is 0 Å². The van der Waals surface area contributed by atoms with Gasteiger partial charge in [0, 0.05) is 5.56 Å². The van der Waals surface area contributed by atoms with E-state index in [9.17, 15) is 25.9 Å². The molecule has 0 aromatic heterocycles. The number of rotatable bonds is 3. The van der Waals surface area contributed by atoms with Crippen molar-refractivity contribution in [3.8, 4) is 0 Å². The molecule has 7 nitrogen and oxygen atoms in total. The van der Waals surface area contributed by atoms with Gasteiger partial charge in [0.05, 0.1) is 4.90 Å². The van der Waals surface area contributed by atoms with Gasteiger partial charge in [0.1, 0.15) is 20.2 Å². The van der Waals surface area contributed by atoms with Crippen molar-refractivity contribution in [3.63, 3.8) is 0 Å². The van der Waals surface area contributed by atoms with E-state index in [1.807, 2.05) is 0 Å². The summed E-state index contributed by atoms with van der Waals surface area (Å²) in [5.74, 6) is 0. The Morgan fingerprint density at radius 3 is 1.83 bits per heavy atom. The van der Waals surface area contributed by atoms with Crippen molar-refractivity contribution in [1.29, 1.82) is 0 Å². The molecule has 1 aromatic carbocycles. The van der Waals surface area contributed by atoms with Crippen molar-refractivity contribution >= 4 is 20.2 Å². The van der Waals surface area contributed by atoms with E-state index in [4.69, 9.17) is 5.11 Å². The summed E-state index contributed by atoms with van der Waals surface area (Å²) in [6, 6.07) is 4.05. The molecule has 0 aliphatic heterocycles. The summed E-state index contributed by atoms with van der Waals surface area (Å²) in [7, 11) is -10.1. The van der Waals surface area contributed by atoms with Crippen LogP contribution in [0.15, 0.2) is 29.2 Å². The van der Waals surface area contributed by atoms with Crippen molar-refractivity contribution in [2.75, 3.05) is 0 Å². The molecule has 0 heterocycles. The maximum atomic E-state index is 10.7. The summed E-state index contributed by atoms with van der Waals surface area (Å²) in [6.45, 7) is 0. The second-order valence-corrected chi connectivity index (χ2v) is 5.62. The predicted octanol–water partition coefficient (Wildman–Crippen LogP) is -6.87. The minimum absolute atomic E-state index is 0. The van der Waals surface area contributed by atoms with Crippen LogP contribution in [-0.2, 0) is 20.2 Å². The maximum absolute atomic E-state index is 10.7. The molecule has 18 heavy (non-hydrogen) atoms. The molecule has 90 valence electrons. The third kappa shape index (κ3) is 5.55. The topological polar surface area (TPSA) is 135 Å². The van der Waals surface area contributed by atoms with Crippen molar-refractivity contribution in [3.05, 3.63) is 29.8 Å². The SMILES string of the molecule is O=S(=O)([O-])c1ccccc1C(O)S(=O)(=O)[O-].[Na+].[Na+]. The van der Waals surface area contributed by atoms with E-state index < -0.39 is 36.1 Å². The molecule has 11 heteroatoms. The van der Waals surface area contributed by atoms with Crippen molar-refractivity contribution in [1.82, 2.24) is 0 Å². The van der Waals surface area contributed by atoms with E-state index >= 15 is 0 Å². The van der Waals surface area contributed by atoms with Gasteiger partial charge in [-0.3, -0.25) is 0 Å². The zero-order valence-corrected chi connectivity index (χ0v) is 15.2. The second kappa shape index (κ2) is 7.70. The summed E-state index contributed by atoms with van der Waals surface area (Å²) in [4.78, 5) is -0.929. The van der Waals surface area contributed by atoms with Crippen LogP contribution in [-0.4, -0.2) is 31.0 Å². The molecule has 0 spiro atoms. The monoisotopic (exact) mass is 312 g/mol. The molecule has 0 aliphatic rings. The first-order valence-corrected chi connectivity index (χ1v) is 6.69. The molecule has 0 amide bonds. The van der Waals surface area contributed by atoms with Crippen molar-refractivity contribution in [2.45, 2.75) is 10.3 Å². The van der Waals surface area contributed by atoms with Gasteiger partial charge in [-0.15, -0.1) is 0 Å². The fourth-order valence-corrected chi connectivity index (χ4v) is 2.37. The molecular formula is C7H6Na2O7S2. The fourth-order valence-electron chi connectivity index (χ4n) is 1.07. The van der Waals surface area contributed by atoms with Gasteiger partial charge in [-0.05, 0) is 6.07 Å². The summed E-state index contributed by atoms with van der Waals surface area (Å²) in [6.07, 6.45) is 0. The molecule has 1 atom stereocenters. The Morgan fingerprint density at radius 1 is 1.00 bits per heavy atom. The number of hydrogen-bond acceptors (Lipinski definition) is 7. The first-order chi connectivity index (χ1) is 7.14. The third-order valence-electron chi connectivity index (χ3n) is 1.73. The molecule has 0 aliphatic carbocycles. The zero-order chi connectivity index (χ0) is 12.6. The normalized spacial score (nSPS) is 13.1. The van der Waals surface area contributed by atoms with Gasteiger partial charge in [0.25, 0.3) is 0 Å². The standard InChI is InChI=1S/C7H8O7S2.2Na/c8-7(16(12,13)14)5-3-1-2-4-6(5)15(9,10)11;;/h1-4,7-8H,(H,9,10,11)(H,12,13,14);;/q;2*+1/p-2. The van der Waals surface area contributed by atoms with Gasteiger partial charge in [-0.1, -0.05) is 18.2 Å². The van der Waals surface area contributed by atoms with Gasteiger partial charge >= 0.3 is 59.1 Å². The molecule has 0 saturated carbocycles. The number of aliphatic hydroxyl groups is 1. The summed E-state index contributed by atoms with van der Waals surface area (Å²) in [5, 5.41) is 9.10. The summed E-state index contributed by atoms with van der Waals surface area (Å²) < 4.78 is 63.7. The summed E-state index contributed by atoms with van der Waals surface area (Å²) in [5.41, 5.74) is -3.32. The van der Waals surface area contributed by atoms with E-state index in [2.05, 4.69) is 0 Å². The smallest absolute Gasteiger partial charge is 0.746 e. The predicted molar refractivity (Wildman–Crippen MR) is 49.1 cm³/mol. The van der Waals surface area contributed by atoms with Crippen LogP contribution < -0.4 is 59.1 Å². The Morgan fingerprint density at radius 2 is 1.44 bits per heavy atom. The van der Waals surface area contributed by atoms with Gasteiger partial charge in [0.15, 0.2) is 5.44 Å². The van der Waals surface area contributed by atoms with Crippen LogP contribution in [0.1, 0.15) is 11.0 Å². The molecule has 0 saturated heterocycles. The first-order valence-electron chi connectivity index (χ1n) is 3.81. The van der Waals surface area contributed by atoms with Crippen LogP contribution in [0, 0.1) is 0 Å². The number of aliphatic hydroxyl groups excluding tert-OH is 1.